The third-order valence-corrected chi connectivity index (χ3v) is 10.6. The van der Waals surface area contributed by atoms with E-state index in [2.05, 4.69) is 31.2 Å². The van der Waals surface area contributed by atoms with Gasteiger partial charge in [-0.15, -0.1) is 5.10 Å². The van der Waals surface area contributed by atoms with E-state index in [4.69, 9.17) is 9.47 Å². The zero-order chi connectivity index (χ0) is 43.5. The number of aryl methyl sites for hydroxylation is 2. The van der Waals surface area contributed by atoms with Crippen LogP contribution in [0.15, 0.2) is 84.0 Å². The van der Waals surface area contributed by atoms with Crippen molar-refractivity contribution in [3.05, 3.63) is 118 Å². The first kappa shape index (κ1) is 41.5. The van der Waals surface area contributed by atoms with Gasteiger partial charge in [-0.25, -0.2) is 13.5 Å². The van der Waals surface area contributed by atoms with E-state index in [0.29, 0.717) is 83.8 Å². The molecular weight excluding hydrogens is 809 g/mol. The second-order valence-electron chi connectivity index (χ2n) is 14.9. The first-order valence-corrected chi connectivity index (χ1v) is 19.9. The van der Waals surface area contributed by atoms with Crippen LogP contribution in [-0.4, -0.2) is 84.0 Å². The van der Waals surface area contributed by atoms with E-state index in [1.54, 1.807) is 72.8 Å². The number of imide groups is 1. The fourth-order valence-corrected chi connectivity index (χ4v) is 7.55. The first-order valence-electron chi connectivity index (χ1n) is 19.9. The van der Waals surface area contributed by atoms with Crippen molar-refractivity contribution in [2.24, 2.45) is 7.05 Å². The number of piperidine rings is 1. The third kappa shape index (κ3) is 8.79. The van der Waals surface area contributed by atoms with Crippen molar-refractivity contribution in [2.75, 3.05) is 30.4 Å². The normalized spacial score (nSPS) is 16.1. The van der Waals surface area contributed by atoms with Gasteiger partial charge in [-0.2, -0.15) is 0 Å². The SMILES string of the molecule is Cn1cc(-c2cc(NC(=O)CCCc3cn(CCOCCNc4ccc5c(c4)C(=O)N(C4CCC(=O)NC4=O)C5O)nn3)ccc2Oc2ccc(F)cc2F)c2cc[nH]c2c1=O. The quantitative estimate of drug-likeness (QED) is 0.0674. The summed E-state index contributed by atoms with van der Waals surface area (Å²) in [5.74, 6) is -3.36. The summed E-state index contributed by atoms with van der Waals surface area (Å²) >= 11 is 0. The van der Waals surface area contributed by atoms with Crippen LogP contribution in [0.4, 0.5) is 20.2 Å². The minimum absolute atomic E-state index is 0.0860. The molecule has 0 radical (unpaired) electrons. The maximum absolute atomic E-state index is 14.6. The summed E-state index contributed by atoms with van der Waals surface area (Å²) in [5.41, 5.74) is 3.61. The number of hydrogen-bond acceptors (Lipinski definition) is 11. The average Bonchev–Trinajstić information content (AvgIpc) is 3.98. The number of ether oxygens (including phenoxy) is 2. The Labute approximate surface area is 351 Å². The molecule has 0 saturated carbocycles. The highest BCUT2D eigenvalue weighted by Gasteiger charge is 2.44. The minimum Gasteiger partial charge on any atom is -0.454 e. The van der Waals surface area contributed by atoms with Gasteiger partial charge in [0.25, 0.3) is 11.5 Å². The van der Waals surface area contributed by atoms with Gasteiger partial charge in [0.05, 0.1) is 25.5 Å². The molecule has 4 amide bonds. The summed E-state index contributed by atoms with van der Waals surface area (Å²) in [5, 5.41) is 28.1. The van der Waals surface area contributed by atoms with Gasteiger partial charge in [0.15, 0.2) is 17.8 Å². The smallest absolute Gasteiger partial charge is 0.274 e. The number of carbonyl (C=O) groups excluding carboxylic acids is 4. The Balaban J connectivity index is 0.797. The molecule has 17 nitrogen and oxygen atoms in total. The molecule has 5 N–H and O–H groups in total. The Morgan fingerprint density at radius 3 is 2.58 bits per heavy atom. The van der Waals surface area contributed by atoms with Crippen LogP contribution in [0.5, 0.6) is 11.5 Å². The minimum atomic E-state index is -1.29. The van der Waals surface area contributed by atoms with Crippen LogP contribution in [0.2, 0.25) is 0 Å². The van der Waals surface area contributed by atoms with Crippen LogP contribution in [0, 0.1) is 11.6 Å². The number of benzene rings is 3. The van der Waals surface area contributed by atoms with Crippen LogP contribution >= 0.6 is 0 Å². The number of pyridine rings is 1. The number of aliphatic hydroxyl groups is 1. The number of hydrogen-bond donors (Lipinski definition) is 5. The van der Waals surface area contributed by atoms with Crippen molar-refractivity contribution in [1.82, 2.24) is 34.8 Å². The Hall–Kier alpha value is -7.25. The summed E-state index contributed by atoms with van der Waals surface area (Å²) < 4.78 is 42.9. The molecule has 2 atom stereocenters. The molecule has 320 valence electrons. The number of halogens is 2. The second kappa shape index (κ2) is 17.8. The van der Waals surface area contributed by atoms with E-state index in [0.717, 1.165) is 17.0 Å². The van der Waals surface area contributed by atoms with E-state index >= 15 is 0 Å². The van der Waals surface area contributed by atoms with E-state index in [9.17, 15) is 37.9 Å². The number of anilines is 2. The molecule has 19 heteroatoms. The van der Waals surface area contributed by atoms with Gasteiger partial charge >= 0.3 is 0 Å². The number of rotatable bonds is 16. The lowest BCUT2D eigenvalue weighted by molar-refractivity contribution is -0.139. The monoisotopic (exact) mass is 849 g/mol. The van der Waals surface area contributed by atoms with Gasteiger partial charge < -0.3 is 34.8 Å². The molecular formula is C43H41F2N9O8. The predicted octanol–water partition coefficient (Wildman–Crippen LogP) is 4.54. The number of carbonyl (C=O) groups is 4. The van der Waals surface area contributed by atoms with Gasteiger partial charge in [-0.05, 0) is 67.8 Å². The predicted molar refractivity (Wildman–Crippen MR) is 220 cm³/mol. The van der Waals surface area contributed by atoms with Crippen LogP contribution in [-0.2, 0) is 39.1 Å². The summed E-state index contributed by atoms with van der Waals surface area (Å²) in [6, 6.07) is 13.6. The molecule has 3 aromatic heterocycles. The lowest BCUT2D eigenvalue weighted by atomic mass is 10.0. The van der Waals surface area contributed by atoms with E-state index in [1.807, 2.05) is 0 Å². The van der Waals surface area contributed by atoms with E-state index in [1.165, 1.54) is 10.6 Å². The van der Waals surface area contributed by atoms with Crippen molar-refractivity contribution in [3.8, 4) is 22.6 Å². The number of aromatic nitrogens is 5. The molecule has 3 aromatic carbocycles. The van der Waals surface area contributed by atoms with Gasteiger partial charge in [0, 0.05) is 90.1 Å². The molecule has 5 heterocycles. The number of nitrogens with one attached hydrogen (secondary N) is 4. The van der Waals surface area contributed by atoms with Crippen molar-refractivity contribution < 1.29 is 42.5 Å². The van der Waals surface area contributed by atoms with Crippen molar-refractivity contribution in [3.63, 3.8) is 0 Å². The first-order chi connectivity index (χ1) is 29.9. The lowest BCUT2D eigenvalue weighted by Crippen LogP contribution is -2.53. The maximum Gasteiger partial charge on any atom is 0.274 e. The molecule has 2 aliphatic rings. The summed E-state index contributed by atoms with van der Waals surface area (Å²) in [7, 11) is 1.60. The third-order valence-electron chi connectivity index (χ3n) is 10.6. The van der Waals surface area contributed by atoms with Crippen LogP contribution < -0.4 is 26.2 Å². The number of aliphatic hydroxyl groups excluding tert-OH is 1. The summed E-state index contributed by atoms with van der Waals surface area (Å²) in [4.78, 5) is 67.0. The highest BCUT2D eigenvalue weighted by Crippen LogP contribution is 2.39. The number of aromatic amines is 1. The molecule has 2 aliphatic heterocycles. The van der Waals surface area contributed by atoms with Crippen molar-refractivity contribution in [2.45, 2.75) is 50.9 Å². The van der Waals surface area contributed by atoms with Crippen molar-refractivity contribution >= 4 is 45.9 Å². The lowest BCUT2D eigenvalue weighted by Gasteiger charge is -2.31. The number of fused-ring (bicyclic) bond motifs is 2. The molecule has 0 spiro atoms. The molecule has 2 unspecified atom stereocenters. The Morgan fingerprint density at radius 2 is 1.76 bits per heavy atom. The molecule has 62 heavy (non-hydrogen) atoms. The van der Waals surface area contributed by atoms with Crippen LogP contribution in [0.3, 0.4) is 0 Å². The molecule has 0 bridgehead atoms. The van der Waals surface area contributed by atoms with Gasteiger partial charge in [0.1, 0.15) is 23.1 Å². The zero-order valence-corrected chi connectivity index (χ0v) is 33.3. The van der Waals surface area contributed by atoms with Crippen LogP contribution in [0.1, 0.15) is 53.5 Å². The molecule has 1 saturated heterocycles. The Morgan fingerprint density at radius 1 is 0.952 bits per heavy atom. The fraction of sp³-hybridized carbons (Fsp3) is 0.279. The highest BCUT2D eigenvalue weighted by molar-refractivity contribution is 6.06. The largest absolute Gasteiger partial charge is 0.454 e. The fourth-order valence-electron chi connectivity index (χ4n) is 7.55. The molecule has 6 aromatic rings. The molecule has 0 aliphatic carbocycles. The summed E-state index contributed by atoms with van der Waals surface area (Å²) in [6.45, 7) is 1.56. The number of H-pyrrole nitrogens is 1. The Bertz CT molecular complexity index is 2770. The molecule has 8 rings (SSSR count). The van der Waals surface area contributed by atoms with E-state index < -0.39 is 41.6 Å². The topological polar surface area (TPSA) is 215 Å². The van der Waals surface area contributed by atoms with Gasteiger partial charge in [-0.1, -0.05) is 11.3 Å². The van der Waals surface area contributed by atoms with E-state index in [-0.39, 0.29) is 47.8 Å². The number of amides is 4. The number of nitrogens with zero attached hydrogens (tertiary/aromatic N) is 5. The average molecular weight is 850 g/mol. The second-order valence-corrected chi connectivity index (χ2v) is 14.9. The summed E-state index contributed by atoms with van der Waals surface area (Å²) in [6.07, 6.45) is 5.15. The Kier molecular flexibility index (Phi) is 11.9. The van der Waals surface area contributed by atoms with Gasteiger partial charge in [-0.3, -0.25) is 34.2 Å². The van der Waals surface area contributed by atoms with Crippen LogP contribution in [0.25, 0.3) is 22.0 Å². The molecule has 1 fully saturated rings. The van der Waals surface area contributed by atoms with Crippen molar-refractivity contribution in [1.29, 1.82) is 0 Å². The van der Waals surface area contributed by atoms with Gasteiger partial charge in [0.2, 0.25) is 17.7 Å². The highest BCUT2D eigenvalue weighted by atomic mass is 19.1. The maximum atomic E-state index is 14.6. The zero-order valence-electron chi connectivity index (χ0n) is 33.3. The standard InChI is InChI=1S/C43H41F2N9O8/c1-52-23-32(28-13-14-47-39(28)43(52)60)30-21-26(7-11-35(30)62-36-10-5-24(44)19-33(36)45)48-37(55)4-2-3-27-22-53(51-50-27)16-18-61-17-15-46-25-6-8-29-31(20-25)42(59)54(41(29)58)34-9-12-38(56)49-40(34)57/h5-8,10-11,13-14,19-23,34,41,46-47,58H,2-4,9,12,15-18H2,1H3,(H,48,55)(H,49,56,57).